The summed E-state index contributed by atoms with van der Waals surface area (Å²) in [5.41, 5.74) is 3.80. The van der Waals surface area contributed by atoms with Gasteiger partial charge in [-0.05, 0) is 23.8 Å². The molecule has 2 aromatic heterocycles. The van der Waals surface area contributed by atoms with Gasteiger partial charge in [0.15, 0.2) is 0 Å². The van der Waals surface area contributed by atoms with Crippen molar-refractivity contribution >= 4 is 50.1 Å². The molecule has 0 radical (unpaired) electrons. The molecule has 4 aromatic rings. The molecule has 0 atom stereocenters. The summed E-state index contributed by atoms with van der Waals surface area (Å²) < 4.78 is 1.03. The fourth-order valence-corrected chi connectivity index (χ4v) is 4.24. The number of benzene rings is 2. The van der Waals surface area contributed by atoms with Crippen LogP contribution in [0.3, 0.4) is 0 Å². The normalized spacial score (nSPS) is 10.8. The van der Waals surface area contributed by atoms with Crippen LogP contribution in [-0.4, -0.2) is 25.0 Å². The minimum absolute atomic E-state index is 0.0650. The Morgan fingerprint density at radius 2 is 2.10 bits per heavy atom. The largest absolute Gasteiger partial charge is 0.392 e. The smallest absolute Gasteiger partial charge is 0.271 e. The Bertz CT molecular complexity index is 1220. The Kier molecular flexibility index (Phi) is 5.75. The molecule has 30 heavy (non-hydrogen) atoms. The highest BCUT2D eigenvalue weighted by molar-refractivity contribution is 7.80. The van der Waals surface area contributed by atoms with Gasteiger partial charge in [-0.2, -0.15) is 0 Å². The first-order valence-electron chi connectivity index (χ1n) is 9.01. The molecule has 0 amide bonds. The van der Waals surface area contributed by atoms with Crippen LogP contribution >= 0.6 is 23.6 Å². The second-order valence-corrected chi connectivity index (χ2v) is 8.07. The summed E-state index contributed by atoms with van der Waals surface area (Å²) in [4.78, 5) is 19.8. The van der Waals surface area contributed by atoms with Gasteiger partial charge in [0.2, 0.25) is 0 Å². The fourth-order valence-electron chi connectivity index (χ4n) is 3.03. The van der Waals surface area contributed by atoms with Gasteiger partial charge < -0.3 is 10.4 Å². The molecule has 4 rings (SSSR count). The van der Waals surface area contributed by atoms with Crippen molar-refractivity contribution in [1.82, 2.24) is 9.97 Å². The third-order valence-electron chi connectivity index (χ3n) is 4.48. The number of pyridine rings is 1. The summed E-state index contributed by atoms with van der Waals surface area (Å²) in [6.07, 6.45) is 3.97. The highest BCUT2D eigenvalue weighted by Crippen LogP contribution is 2.30. The number of aromatic nitrogens is 2. The maximum Gasteiger partial charge on any atom is 0.271 e. The average molecular weight is 437 g/mol. The number of thiocarbonyl (C=S) groups is 1. The summed E-state index contributed by atoms with van der Waals surface area (Å²) in [5, 5.41) is 24.5. The lowest BCUT2D eigenvalue weighted by Gasteiger charge is -2.12. The fraction of sp³-hybridized carbons (Fsp3) is 0.0952. The van der Waals surface area contributed by atoms with E-state index in [-0.39, 0.29) is 12.3 Å². The first kappa shape index (κ1) is 20.0. The van der Waals surface area contributed by atoms with E-state index in [0.29, 0.717) is 22.7 Å². The number of aliphatic hydroxyl groups excluding tert-OH is 1. The molecular weight excluding hydrogens is 420 g/mol. The predicted octanol–water partition coefficient (Wildman–Crippen LogP) is 4.74. The molecule has 150 valence electrons. The van der Waals surface area contributed by atoms with Gasteiger partial charge in [-0.3, -0.25) is 15.1 Å². The van der Waals surface area contributed by atoms with Gasteiger partial charge in [0, 0.05) is 42.1 Å². The van der Waals surface area contributed by atoms with Crippen LogP contribution in [0.25, 0.3) is 20.8 Å². The molecule has 0 fully saturated rings. The molecule has 7 nitrogen and oxygen atoms in total. The summed E-state index contributed by atoms with van der Waals surface area (Å²) in [6, 6.07) is 14.1. The lowest BCUT2D eigenvalue weighted by molar-refractivity contribution is -0.384. The number of thiazole rings is 1. The number of hydrogen-bond donors (Lipinski definition) is 2. The average Bonchev–Trinajstić information content (AvgIpc) is 3.18. The molecule has 0 saturated heterocycles. The molecule has 0 bridgehead atoms. The van der Waals surface area contributed by atoms with Gasteiger partial charge in [0.25, 0.3) is 5.69 Å². The molecule has 9 heteroatoms. The number of hydrogen-bond acceptors (Lipinski definition) is 7. The van der Waals surface area contributed by atoms with Crippen LogP contribution in [0, 0.1) is 10.1 Å². The molecule has 0 saturated carbocycles. The lowest BCUT2D eigenvalue weighted by atomic mass is 10.1. The third kappa shape index (κ3) is 4.33. The van der Waals surface area contributed by atoms with Gasteiger partial charge in [0.05, 0.1) is 32.4 Å². The molecule has 2 aromatic carbocycles. The van der Waals surface area contributed by atoms with Crippen LogP contribution in [0.5, 0.6) is 0 Å². The number of fused-ring (bicyclic) bond motifs is 1. The number of aliphatic hydroxyl groups is 1. The Morgan fingerprint density at radius 3 is 2.87 bits per heavy atom. The minimum atomic E-state index is -0.480. The van der Waals surface area contributed by atoms with Crippen molar-refractivity contribution < 1.29 is 10.0 Å². The van der Waals surface area contributed by atoms with E-state index in [1.165, 1.54) is 18.2 Å². The lowest BCUT2D eigenvalue weighted by Crippen LogP contribution is -2.14. The first-order chi connectivity index (χ1) is 14.5. The zero-order valence-corrected chi connectivity index (χ0v) is 17.2. The van der Waals surface area contributed by atoms with Crippen molar-refractivity contribution in [1.29, 1.82) is 0 Å². The quantitative estimate of drug-likeness (QED) is 0.256. The molecule has 2 N–H and O–H groups in total. The van der Waals surface area contributed by atoms with E-state index >= 15 is 0 Å². The Labute approximate surface area is 181 Å². The number of non-ortho nitro benzene ring substituents is 1. The maximum absolute atomic E-state index is 11.0. The molecule has 0 aliphatic heterocycles. The van der Waals surface area contributed by atoms with Crippen molar-refractivity contribution in [2.75, 3.05) is 5.32 Å². The van der Waals surface area contributed by atoms with E-state index in [1.54, 1.807) is 23.7 Å². The SMILES string of the molecule is O=[N+]([O-])c1ccc(CO)c(NC(=S)Cc2cccc(-c3nc4ccncc4s3)c2)c1. The van der Waals surface area contributed by atoms with Gasteiger partial charge >= 0.3 is 0 Å². The third-order valence-corrected chi connectivity index (χ3v) is 5.78. The number of rotatable bonds is 6. The summed E-state index contributed by atoms with van der Waals surface area (Å²) in [5.74, 6) is 0. The van der Waals surface area contributed by atoms with Gasteiger partial charge in [-0.25, -0.2) is 4.98 Å². The van der Waals surface area contributed by atoms with Crippen LogP contribution in [0.2, 0.25) is 0 Å². The Balaban J connectivity index is 1.54. The molecule has 0 aliphatic rings. The van der Waals surface area contributed by atoms with Crippen molar-refractivity contribution in [2.45, 2.75) is 13.0 Å². The van der Waals surface area contributed by atoms with Crippen LogP contribution in [0.1, 0.15) is 11.1 Å². The van der Waals surface area contributed by atoms with Crippen LogP contribution in [0.15, 0.2) is 60.9 Å². The van der Waals surface area contributed by atoms with Gasteiger partial charge in [-0.15, -0.1) is 11.3 Å². The van der Waals surface area contributed by atoms with E-state index in [1.807, 2.05) is 30.3 Å². The van der Waals surface area contributed by atoms with E-state index in [4.69, 9.17) is 12.2 Å². The highest BCUT2D eigenvalue weighted by atomic mass is 32.1. The summed E-state index contributed by atoms with van der Waals surface area (Å²) >= 11 is 7.04. The summed E-state index contributed by atoms with van der Waals surface area (Å²) in [6.45, 7) is -0.245. The van der Waals surface area contributed by atoms with Crippen LogP contribution in [-0.2, 0) is 13.0 Å². The monoisotopic (exact) mass is 436 g/mol. The number of nitro groups is 1. The van der Waals surface area contributed by atoms with E-state index in [9.17, 15) is 15.2 Å². The number of nitrogens with zero attached hydrogens (tertiary/aromatic N) is 3. The van der Waals surface area contributed by atoms with Gasteiger partial charge in [-0.1, -0.05) is 30.4 Å². The highest BCUT2D eigenvalue weighted by Gasteiger charge is 2.12. The topological polar surface area (TPSA) is 101 Å². The van der Waals surface area contributed by atoms with Gasteiger partial charge in [0.1, 0.15) is 5.01 Å². The van der Waals surface area contributed by atoms with Crippen LogP contribution in [0.4, 0.5) is 11.4 Å². The number of anilines is 1. The van der Waals surface area contributed by atoms with Crippen LogP contribution < -0.4 is 5.32 Å². The summed E-state index contributed by atoms with van der Waals surface area (Å²) in [7, 11) is 0. The number of nitrogens with one attached hydrogen (secondary N) is 1. The van der Waals surface area contributed by atoms with Crippen molar-refractivity contribution in [3.8, 4) is 10.6 Å². The molecule has 0 spiro atoms. The maximum atomic E-state index is 11.0. The molecule has 2 heterocycles. The standard InChI is InChI=1S/C21H16N4O3S2/c26-12-15-4-5-16(25(27)28)10-18(15)23-20(29)9-13-2-1-3-14(8-13)21-24-17-6-7-22-11-19(17)30-21/h1-8,10-11,26H,9,12H2,(H,23,29). The second kappa shape index (κ2) is 8.62. The Morgan fingerprint density at radius 1 is 1.23 bits per heavy atom. The van der Waals surface area contributed by atoms with E-state index < -0.39 is 4.92 Å². The molecule has 0 aliphatic carbocycles. The molecule has 0 unspecified atom stereocenters. The zero-order valence-electron chi connectivity index (χ0n) is 15.6. The first-order valence-corrected chi connectivity index (χ1v) is 10.2. The minimum Gasteiger partial charge on any atom is -0.392 e. The number of nitro benzene ring substituents is 1. The zero-order chi connectivity index (χ0) is 21.1. The Hall–Kier alpha value is -3.27. The molecular formula is C21H16N4O3S2. The van der Waals surface area contributed by atoms with Crippen molar-refractivity contribution in [3.63, 3.8) is 0 Å². The van der Waals surface area contributed by atoms with E-state index in [0.717, 1.165) is 26.4 Å². The predicted molar refractivity (Wildman–Crippen MR) is 122 cm³/mol. The van der Waals surface area contributed by atoms with Crippen molar-refractivity contribution in [3.05, 3.63) is 82.2 Å². The second-order valence-electron chi connectivity index (χ2n) is 6.54. The van der Waals surface area contributed by atoms with Crippen molar-refractivity contribution in [2.24, 2.45) is 0 Å². The van der Waals surface area contributed by atoms with E-state index in [2.05, 4.69) is 15.3 Å².